The van der Waals surface area contributed by atoms with Crippen molar-refractivity contribution in [3.63, 3.8) is 0 Å². The molecule has 4 nitrogen and oxygen atoms in total. The Hall–Kier alpha value is -2.10. The van der Waals surface area contributed by atoms with Crippen molar-refractivity contribution < 1.29 is 14.7 Å². The maximum Gasteiger partial charge on any atom is 0.228 e. The van der Waals surface area contributed by atoms with Crippen LogP contribution in [0.3, 0.4) is 0 Å². The number of carboxylic acid groups (broad SMARTS) is 1. The molecule has 1 saturated carbocycles. The lowest BCUT2D eigenvalue weighted by atomic mass is 9.82. The molecule has 3 rings (SSSR count). The summed E-state index contributed by atoms with van der Waals surface area (Å²) < 4.78 is 0. The van der Waals surface area contributed by atoms with Gasteiger partial charge in [-0.15, -0.1) is 0 Å². The summed E-state index contributed by atoms with van der Waals surface area (Å²) in [6.45, 7) is 1.97. The number of benzene rings is 1. The monoisotopic (exact) mass is 270 g/mol. The zero-order valence-corrected chi connectivity index (χ0v) is 11.2. The third-order valence-corrected chi connectivity index (χ3v) is 4.35. The molecule has 0 heterocycles. The van der Waals surface area contributed by atoms with Crippen LogP contribution in [0.2, 0.25) is 0 Å². The van der Waals surface area contributed by atoms with Gasteiger partial charge in [-0.2, -0.15) is 0 Å². The highest BCUT2D eigenvalue weighted by Crippen LogP contribution is 2.48. The van der Waals surface area contributed by atoms with E-state index < -0.39 is 17.8 Å². The Balaban J connectivity index is 1.78. The predicted octanol–water partition coefficient (Wildman–Crippen LogP) is 1.12. The van der Waals surface area contributed by atoms with Gasteiger partial charge in [-0.25, -0.2) is 0 Å². The van der Waals surface area contributed by atoms with Crippen LogP contribution in [0.4, 0.5) is 5.69 Å². The highest BCUT2D eigenvalue weighted by molar-refractivity contribution is 5.96. The van der Waals surface area contributed by atoms with Crippen molar-refractivity contribution in [3.8, 4) is 0 Å². The third-order valence-electron chi connectivity index (χ3n) is 4.35. The van der Waals surface area contributed by atoms with Gasteiger partial charge in [0.05, 0.1) is 5.92 Å². The molecule has 4 heteroatoms. The van der Waals surface area contributed by atoms with Gasteiger partial charge in [0, 0.05) is 17.6 Å². The van der Waals surface area contributed by atoms with Crippen molar-refractivity contribution >= 4 is 17.6 Å². The quantitative estimate of drug-likeness (QED) is 0.837. The molecule has 0 aromatic heterocycles. The second-order valence-electron chi connectivity index (χ2n) is 5.67. The van der Waals surface area contributed by atoms with Crippen LogP contribution in [0.15, 0.2) is 36.4 Å². The molecular weight excluding hydrogens is 254 g/mol. The molecule has 2 bridgehead atoms. The lowest BCUT2D eigenvalue weighted by Crippen LogP contribution is -2.42. The zero-order valence-electron chi connectivity index (χ0n) is 11.2. The summed E-state index contributed by atoms with van der Waals surface area (Å²) in [6.07, 6.45) is 4.61. The van der Waals surface area contributed by atoms with Crippen LogP contribution in [-0.4, -0.2) is 11.9 Å². The Morgan fingerprint density at radius 1 is 1.10 bits per heavy atom. The SMILES string of the molecule is Cc1ccc(NC(=O)[C@@H]2[C@@H](C(=O)[O-])[C@H]3C=C[C@@H]2C3)cc1. The smallest absolute Gasteiger partial charge is 0.228 e. The molecule has 4 atom stereocenters. The Kier molecular flexibility index (Phi) is 3.08. The van der Waals surface area contributed by atoms with Gasteiger partial charge in [0.2, 0.25) is 5.91 Å². The van der Waals surface area contributed by atoms with Crippen LogP contribution < -0.4 is 10.4 Å². The van der Waals surface area contributed by atoms with Crippen molar-refractivity contribution in [1.29, 1.82) is 0 Å². The maximum absolute atomic E-state index is 12.4. The highest BCUT2D eigenvalue weighted by Gasteiger charge is 2.48. The zero-order chi connectivity index (χ0) is 14.3. The van der Waals surface area contributed by atoms with Crippen LogP contribution in [0, 0.1) is 30.6 Å². The summed E-state index contributed by atoms with van der Waals surface area (Å²) in [5.74, 6) is -2.59. The average Bonchev–Trinajstić information content (AvgIpc) is 3.01. The summed E-state index contributed by atoms with van der Waals surface area (Å²) in [6, 6.07) is 7.47. The highest BCUT2D eigenvalue weighted by atomic mass is 16.4. The molecule has 20 heavy (non-hydrogen) atoms. The third kappa shape index (κ3) is 2.11. The first kappa shape index (κ1) is 12.9. The largest absolute Gasteiger partial charge is 0.550 e. The van der Waals surface area contributed by atoms with Crippen molar-refractivity contribution in [2.45, 2.75) is 13.3 Å². The van der Waals surface area contributed by atoms with Gasteiger partial charge in [-0.1, -0.05) is 29.8 Å². The van der Waals surface area contributed by atoms with Crippen LogP contribution in [0.1, 0.15) is 12.0 Å². The van der Waals surface area contributed by atoms with Crippen molar-refractivity contribution in [3.05, 3.63) is 42.0 Å². The lowest BCUT2D eigenvalue weighted by Gasteiger charge is -2.27. The molecule has 1 N–H and O–H groups in total. The number of aryl methyl sites for hydroxylation is 1. The van der Waals surface area contributed by atoms with E-state index in [9.17, 15) is 14.7 Å². The number of nitrogens with one attached hydrogen (secondary N) is 1. The van der Waals surface area contributed by atoms with E-state index in [2.05, 4.69) is 5.32 Å². The van der Waals surface area contributed by atoms with E-state index in [1.165, 1.54) is 0 Å². The fourth-order valence-corrected chi connectivity index (χ4v) is 3.36. The summed E-state index contributed by atoms with van der Waals surface area (Å²) in [5.41, 5.74) is 1.81. The number of anilines is 1. The number of carboxylic acids is 1. The Bertz CT molecular complexity index is 576. The molecule has 0 saturated heterocycles. The predicted molar refractivity (Wildman–Crippen MR) is 72.5 cm³/mol. The van der Waals surface area contributed by atoms with E-state index in [-0.39, 0.29) is 17.7 Å². The number of aliphatic carboxylic acids is 1. The van der Waals surface area contributed by atoms with Gasteiger partial charge in [0.25, 0.3) is 0 Å². The fourth-order valence-electron chi connectivity index (χ4n) is 3.36. The minimum Gasteiger partial charge on any atom is -0.550 e. The number of hydrogen-bond donors (Lipinski definition) is 1. The molecular formula is C16H16NO3-. The minimum absolute atomic E-state index is 0.0216. The van der Waals surface area contributed by atoms with Crippen LogP contribution >= 0.6 is 0 Å². The van der Waals surface area contributed by atoms with Gasteiger partial charge in [-0.3, -0.25) is 4.79 Å². The first-order valence-corrected chi connectivity index (χ1v) is 6.83. The molecule has 1 fully saturated rings. The molecule has 0 spiro atoms. The van der Waals surface area contributed by atoms with Gasteiger partial charge >= 0.3 is 0 Å². The van der Waals surface area contributed by atoms with Gasteiger partial charge in [0.15, 0.2) is 0 Å². The van der Waals surface area contributed by atoms with E-state index >= 15 is 0 Å². The fraction of sp³-hybridized carbons (Fsp3) is 0.375. The maximum atomic E-state index is 12.4. The number of carbonyl (C=O) groups excluding carboxylic acids is 2. The average molecular weight is 270 g/mol. The van der Waals surface area contributed by atoms with Crippen molar-refractivity contribution in [2.24, 2.45) is 23.7 Å². The van der Waals surface area contributed by atoms with Crippen LogP contribution in [0.25, 0.3) is 0 Å². The minimum atomic E-state index is -1.12. The molecule has 2 aliphatic carbocycles. The summed E-state index contributed by atoms with van der Waals surface area (Å²) >= 11 is 0. The molecule has 0 unspecified atom stereocenters. The molecule has 1 amide bonds. The Labute approximate surface area is 117 Å². The number of amides is 1. The first-order chi connectivity index (χ1) is 9.56. The van der Waals surface area contributed by atoms with Crippen molar-refractivity contribution in [2.75, 3.05) is 5.32 Å². The summed E-state index contributed by atoms with van der Waals surface area (Å²) in [4.78, 5) is 23.6. The van der Waals surface area contributed by atoms with Crippen molar-refractivity contribution in [1.82, 2.24) is 0 Å². The molecule has 2 aliphatic rings. The first-order valence-electron chi connectivity index (χ1n) is 6.83. The molecule has 1 aromatic carbocycles. The van der Waals surface area contributed by atoms with Gasteiger partial charge in [0.1, 0.15) is 0 Å². The number of hydrogen-bond acceptors (Lipinski definition) is 3. The van der Waals surface area contributed by atoms with Crippen LogP contribution in [-0.2, 0) is 9.59 Å². The van der Waals surface area contributed by atoms with E-state index in [4.69, 9.17) is 0 Å². The Morgan fingerprint density at radius 3 is 2.30 bits per heavy atom. The number of allylic oxidation sites excluding steroid dienone is 2. The molecule has 0 radical (unpaired) electrons. The summed E-state index contributed by atoms with van der Waals surface area (Å²) in [7, 11) is 0. The van der Waals surface area contributed by atoms with E-state index in [0.717, 1.165) is 12.0 Å². The second kappa shape index (κ2) is 4.78. The van der Waals surface area contributed by atoms with Gasteiger partial charge in [-0.05, 0) is 37.3 Å². The summed E-state index contributed by atoms with van der Waals surface area (Å²) in [5, 5.41) is 14.1. The van der Waals surface area contributed by atoms with Gasteiger partial charge < -0.3 is 15.2 Å². The second-order valence-corrected chi connectivity index (χ2v) is 5.67. The molecule has 1 aromatic rings. The van der Waals surface area contributed by atoms with E-state index in [0.29, 0.717) is 5.69 Å². The number of rotatable bonds is 3. The van der Waals surface area contributed by atoms with E-state index in [1.807, 2.05) is 43.3 Å². The van der Waals surface area contributed by atoms with E-state index in [1.54, 1.807) is 0 Å². The number of fused-ring (bicyclic) bond motifs is 2. The Morgan fingerprint density at radius 2 is 1.70 bits per heavy atom. The normalized spacial score (nSPS) is 30.4. The van der Waals surface area contributed by atoms with Crippen LogP contribution in [0.5, 0.6) is 0 Å². The molecule has 104 valence electrons. The topological polar surface area (TPSA) is 69.2 Å². The number of carbonyl (C=O) groups is 2. The lowest BCUT2D eigenvalue weighted by molar-refractivity contribution is -0.313. The standard InChI is InChI=1S/C16H17NO3/c1-9-2-6-12(7-3-9)17-15(18)13-10-4-5-11(8-10)14(13)16(19)20/h2-7,10-11,13-14H,8H2,1H3,(H,17,18)(H,19,20)/p-1/t10-,11+,13+,14+/m1/s1. The molecule has 0 aliphatic heterocycles.